The summed E-state index contributed by atoms with van der Waals surface area (Å²) < 4.78 is 0. The summed E-state index contributed by atoms with van der Waals surface area (Å²) in [5, 5.41) is 0.869. The molecule has 0 N–H and O–H groups in total. The largest absolute Gasteiger partial charge is 0.293 e. The van der Waals surface area contributed by atoms with Crippen LogP contribution in [0.5, 0.6) is 0 Å². The van der Waals surface area contributed by atoms with Gasteiger partial charge in [-0.2, -0.15) is 0 Å². The second kappa shape index (κ2) is 6.69. The van der Waals surface area contributed by atoms with Crippen LogP contribution < -0.4 is 0 Å². The minimum absolute atomic E-state index is 0.0560. The smallest absolute Gasteiger partial charge is 0.172 e. The van der Waals surface area contributed by atoms with Gasteiger partial charge in [0, 0.05) is 23.0 Å². The number of rotatable bonds is 5. The van der Waals surface area contributed by atoms with Gasteiger partial charge in [-0.25, -0.2) is 0 Å². The molecule has 2 nitrogen and oxygen atoms in total. The zero-order valence-electron chi connectivity index (χ0n) is 10.7. The van der Waals surface area contributed by atoms with E-state index < -0.39 is 0 Å². The van der Waals surface area contributed by atoms with Crippen LogP contribution in [0, 0.1) is 0 Å². The quantitative estimate of drug-likeness (QED) is 0.579. The Kier molecular flexibility index (Phi) is 4.94. The lowest BCUT2D eigenvalue weighted by atomic mass is 9.89. The molecule has 2 aromatic rings. The van der Waals surface area contributed by atoms with Gasteiger partial charge >= 0.3 is 0 Å². The van der Waals surface area contributed by atoms with E-state index in [9.17, 15) is 4.79 Å². The zero-order valence-corrected chi connectivity index (χ0v) is 12.2. The Morgan fingerprint density at radius 1 is 1.35 bits per heavy atom. The molecule has 0 radical (unpaired) electrons. The highest BCUT2D eigenvalue weighted by Gasteiger charge is 2.23. The summed E-state index contributed by atoms with van der Waals surface area (Å²) >= 11 is 12.0. The first-order chi connectivity index (χ1) is 9.63. The number of halogens is 2. The van der Waals surface area contributed by atoms with Gasteiger partial charge in [0.25, 0.3) is 0 Å². The van der Waals surface area contributed by atoms with Gasteiger partial charge in [-0.15, -0.1) is 6.58 Å². The van der Waals surface area contributed by atoms with Crippen LogP contribution in [0.15, 0.2) is 55.4 Å². The number of hydrogen-bond donors (Lipinski definition) is 0. The maximum atomic E-state index is 12.7. The molecule has 0 fully saturated rings. The Hall–Kier alpha value is -1.64. The van der Waals surface area contributed by atoms with E-state index in [1.54, 1.807) is 36.7 Å². The van der Waals surface area contributed by atoms with Crippen molar-refractivity contribution in [2.24, 2.45) is 0 Å². The third-order valence-electron chi connectivity index (χ3n) is 3.00. The molecule has 1 aromatic heterocycles. The van der Waals surface area contributed by atoms with Crippen molar-refractivity contribution in [1.29, 1.82) is 0 Å². The van der Waals surface area contributed by atoms with Crippen LogP contribution in [0.25, 0.3) is 0 Å². The molecule has 0 aliphatic rings. The summed E-state index contributed by atoms with van der Waals surface area (Å²) in [5.41, 5.74) is 1.31. The number of aromatic nitrogens is 1. The maximum absolute atomic E-state index is 12.7. The molecular weight excluding hydrogens is 293 g/mol. The van der Waals surface area contributed by atoms with Crippen LogP contribution in [-0.2, 0) is 0 Å². The maximum Gasteiger partial charge on any atom is 0.172 e. The molecule has 4 heteroatoms. The van der Waals surface area contributed by atoms with Crippen molar-refractivity contribution in [3.8, 4) is 0 Å². The molecule has 2 rings (SSSR count). The molecule has 1 aromatic carbocycles. The molecular formula is C16H13Cl2NO. The van der Waals surface area contributed by atoms with Gasteiger partial charge in [0.15, 0.2) is 5.78 Å². The lowest BCUT2D eigenvalue weighted by molar-refractivity contribution is 0.0960. The van der Waals surface area contributed by atoms with Gasteiger partial charge in [-0.1, -0.05) is 35.3 Å². The Bertz CT molecular complexity index is 626. The summed E-state index contributed by atoms with van der Waals surface area (Å²) in [6.07, 6.45) is 5.62. The molecule has 1 heterocycles. The number of Topliss-reactive ketones (excluding diaryl/α,β-unsaturated/α-hetero) is 1. The average molecular weight is 306 g/mol. The van der Waals surface area contributed by atoms with Crippen molar-refractivity contribution in [3.63, 3.8) is 0 Å². The Labute approximate surface area is 128 Å². The van der Waals surface area contributed by atoms with E-state index in [0.717, 1.165) is 5.56 Å². The summed E-state index contributed by atoms with van der Waals surface area (Å²) in [7, 11) is 0. The number of carbonyl (C=O) groups excluding carboxylic acids is 1. The van der Waals surface area contributed by atoms with Gasteiger partial charge in [0.05, 0.1) is 10.9 Å². The highest BCUT2D eigenvalue weighted by Crippen LogP contribution is 2.29. The van der Waals surface area contributed by atoms with Crippen molar-refractivity contribution in [1.82, 2.24) is 4.98 Å². The van der Waals surface area contributed by atoms with Crippen molar-refractivity contribution in [2.75, 3.05) is 0 Å². The molecule has 0 saturated heterocycles. The molecule has 102 valence electrons. The summed E-state index contributed by atoms with van der Waals surface area (Å²) in [4.78, 5) is 16.7. The Morgan fingerprint density at radius 2 is 2.15 bits per heavy atom. The predicted octanol–water partition coefficient (Wildman–Crippen LogP) is 4.93. The first-order valence-corrected chi connectivity index (χ1v) is 6.89. The van der Waals surface area contributed by atoms with Gasteiger partial charge in [0.2, 0.25) is 0 Å². The Balaban J connectivity index is 2.39. The van der Waals surface area contributed by atoms with E-state index in [2.05, 4.69) is 11.6 Å². The minimum atomic E-state index is -0.333. The van der Waals surface area contributed by atoms with E-state index in [4.69, 9.17) is 23.2 Å². The summed E-state index contributed by atoms with van der Waals surface area (Å²) in [6.45, 7) is 3.71. The van der Waals surface area contributed by atoms with Crippen LogP contribution >= 0.6 is 23.2 Å². The standard InChI is InChI=1S/C16H13Cl2NO/c1-2-4-13(11-5-3-8-19-10-11)16(20)14-7-6-12(17)9-15(14)18/h2-3,5-10,13H,1,4H2. The fourth-order valence-electron chi connectivity index (χ4n) is 2.02. The van der Waals surface area contributed by atoms with Crippen LogP contribution in [0.4, 0.5) is 0 Å². The third-order valence-corrected chi connectivity index (χ3v) is 3.55. The molecule has 1 atom stereocenters. The van der Waals surface area contributed by atoms with Gasteiger partial charge in [-0.3, -0.25) is 9.78 Å². The predicted molar refractivity (Wildman–Crippen MR) is 82.6 cm³/mol. The molecule has 0 aliphatic carbocycles. The van der Waals surface area contributed by atoms with Crippen molar-refractivity contribution in [3.05, 3.63) is 76.6 Å². The van der Waals surface area contributed by atoms with Crippen LogP contribution in [-0.4, -0.2) is 10.8 Å². The fourth-order valence-corrected chi connectivity index (χ4v) is 2.52. The molecule has 1 unspecified atom stereocenters. The number of carbonyl (C=O) groups is 1. The SMILES string of the molecule is C=CCC(C(=O)c1ccc(Cl)cc1Cl)c1cccnc1. The van der Waals surface area contributed by atoms with Gasteiger partial charge in [0.1, 0.15) is 0 Å². The van der Waals surface area contributed by atoms with Crippen LogP contribution in [0.1, 0.15) is 28.3 Å². The number of ketones is 1. The second-order valence-corrected chi connectivity index (χ2v) is 5.20. The third kappa shape index (κ3) is 3.27. The number of nitrogens with zero attached hydrogens (tertiary/aromatic N) is 1. The van der Waals surface area contributed by atoms with Gasteiger partial charge < -0.3 is 0 Å². The highest BCUT2D eigenvalue weighted by molar-refractivity contribution is 6.37. The number of benzene rings is 1. The van der Waals surface area contributed by atoms with Crippen molar-refractivity contribution >= 4 is 29.0 Å². The topological polar surface area (TPSA) is 30.0 Å². The van der Waals surface area contributed by atoms with Crippen molar-refractivity contribution in [2.45, 2.75) is 12.3 Å². The monoisotopic (exact) mass is 305 g/mol. The number of pyridine rings is 1. The van der Waals surface area contributed by atoms with E-state index in [1.165, 1.54) is 0 Å². The van der Waals surface area contributed by atoms with Crippen LogP contribution in [0.2, 0.25) is 10.0 Å². The normalized spacial score (nSPS) is 11.9. The molecule has 0 bridgehead atoms. The lowest BCUT2D eigenvalue weighted by Crippen LogP contribution is -2.13. The molecule has 20 heavy (non-hydrogen) atoms. The molecule has 0 amide bonds. The number of hydrogen-bond acceptors (Lipinski definition) is 2. The minimum Gasteiger partial charge on any atom is -0.293 e. The van der Waals surface area contributed by atoms with E-state index in [0.29, 0.717) is 22.0 Å². The molecule has 0 spiro atoms. The molecule has 0 aliphatic heterocycles. The number of allylic oxidation sites excluding steroid dienone is 1. The lowest BCUT2D eigenvalue weighted by Gasteiger charge is -2.15. The van der Waals surface area contributed by atoms with Crippen molar-refractivity contribution < 1.29 is 4.79 Å². The molecule has 0 saturated carbocycles. The second-order valence-electron chi connectivity index (χ2n) is 4.35. The van der Waals surface area contributed by atoms with E-state index >= 15 is 0 Å². The summed E-state index contributed by atoms with van der Waals surface area (Å²) in [6, 6.07) is 8.57. The van der Waals surface area contributed by atoms with E-state index in [1.807, 2.05) is 12.1 Å². The van der Waals surface area contributed by atoms with Gasteiger partial charge in [-0.05, 0) is 36.2 Å². The average Bonchev–Trinajstić information content (AvgIpc) is 2.45. The highest BCUT2D eigenvalue weighted by atomic mass is 35.5. The zero-order chi connectivity index (χ0) is 14.5. The fraction of sp³-hybridized carbons (Fsp3) is 0.125. The first-order valence-electron chi connectivity index (χ1n) is 6.13. The van der Waals surface area contributed by atoms with Crippen LogP contribution in [0.3, 0.4) is 0 Å². The first kappa shape index (κ1) is 14.8. The Morgan fingerprint density at radius 3 is 2.75 bits per heavy atom. The van der Waals surface area contributed by atoms with E-state index in [-0.39, 0.29) is 11.7 Å². The summed E-state index contributed by atoms with van der Waals surface area (Å²) in [5.74, 6) is -0.389.